The van der Waals surface area contributed by atoms with Crippen molar-refractivity contribution >= 4 is 11.5 Å². The van der Waals surface area contributed by atoms with Crippen molar-refractivity contribution in [3.8, 4) is 0 Å². The number of halogens is 3. The van der Waals surface area contributed by atoms with E-state index in [1.54, 1.807) is 0 Å². The van der Waals surface area contributed by atoms with Crippen LogP contribution in [0.2, 0.25) is 0 Å². The number of carbonyl (C=O) groups is 1. The number of hydrogen-bond acceptors (Lipinski definition) is 2. The fraction of sp³-hybridized carbons (Fsp3) is 0.0714. The largest absolute Gasteiger partial charge is 0.396 e. The molecule has 0 unspecified atom stereocenters. The summed E-state index contributed by atoms with van der Waals surface area (Å²) in [6.07, 6.45) is 0. The van der Waals surface area contributed by atoms with Crippen molar-refractivity contribution in [2.45, 2.75) is 6.92 Å². The average molecular weight is 265 g/mol. The first-order chi connectivity index (χ1) is 8.91. The van der Waals surface area contributed by atoms with Gasteiger partial charge in [-0.1, -0.05) is 0 Å². The third kappa shape index (κ3) is 2.31. The summed E-state index contributed by atoms with van der Waals surface area (Å²) in [5.41, 5.74) is 4.48. The van der Waals surface area contributed by atoms with Gasteiger partial charge in [0.1, 0.15) is 11.6 Å². The average Bonchev–Trinajstić information content (AvgIpc) is 2.37. The molecule has 0 aliphatic carbocycles. The lowest BCUT2D eigenvalue weighted by atomic mass is 10.00. The van der Waals surface area contributed by atoms with E-state index in [0.29, 0.717) is 0 Å². The van der Waals surface area contributed by atoms with Crippen molar-refractivity contribution in [3.05, 3.63) is 64.5 Å². The zero-order valence-electron chi connectivity index (χ0n) is 10.0. The predicted molar refractivity (Wildman–Crippen MR) is 65.3 cm³/mol. The Bertz CT molecular complexity index is 668. The zero-order chi connectivity index (χ0) is 14.2. The molecule has 0 saturated carbocycles. The Labute approximate surface area is 107 Å². The molecule has 0 aromatic heterocycles. The molecule has 0 amide bonds. The van der Waals surface area contributed by atoms with Crippen LogP contribution in [0, 0.1) is 24.4 Å². The quantitative estimate of drug-likeness (QED) is 0.669. The molecule has 0 radical (unpaired) electrons. The molecule has 0 atom stereocenters. The fourth-order valence-corrected chi connectivity index (χ4v) is 1.71. The molecule has 0 aliphatic rings. The van der Waals surface area contributed by atoms with E-state index in [1.807, 2.05) is 0 Å². The molecule has 0 saturated heterocycles. The Balaban J connectivity index is 2.56. The second-order valence-electron chi connectivity index (χ2n) is 4.12. The van der Waals surface area contributed by atoms with Gasteiger partial charge in [0.2, 0.25) is 0 Å². The molecule has 0 fully saturated rings. The van der Waals surface area contributed by atoms with E-state index in [9.17, 15) is 18.0 Å². The third-order valence-corrected chi connectivity index (χ3v) is 2.77. The number of rotatable bonds is 2. The number of benzene rings is 2. The Kier molecular flexibility index (Phi) is 3.29. The highest BCUT2D eigenvalue weighted by Gasteiger charge is 2.21. The van der Waals surface area contributed by atoms with Crippen LogP contribution in [0.1, 0.15) is 21.5 Å². The van der Waals surface area contributed by atoms with Crippen LogP contribution in [0.3, 0.4) is 0 Å². The lowest BCUT2D eigenvalue weighted by Crippen LogP contribution is -2.10. The Morgan fingerprint density at radius 2 is 1.68 bits per heavy atom. The minimum absolute atomic E-state index is 0.00213. The lowest BCUT2D eigenvalue weighted by molar-refractivity contribution is 0.103. The van der Waals surface area contributed by atoms with Gasteiger partial charge in [-0.3, -0.25) is 4.79 Å². The zero-order valence-corrected chi connectivity index (χ0v) is 10.0. The summed E-state index contributed by atoms with van der Waals surface area (Å²) in [6.45, 7) is 1.46. The summed E-state index contributed by atoms with van der Waals surface area (Å²) >= 11 is 0. The maximum absolute atomic E-state index is 13.7. The van der Waals surface area contributed by atoms with Gasteiger partial charge in [0.25, 0.3) is 0 Å². The molecule has 19 heavy (non-hydrogen) atoms. The molecule has 2 aromatic carbocycles. The van der Waals surface area contributed by atoms with Crippen molar-refractivity contribution in [3.63, 3.8) is 0 Å². The first-order valence-corrected chi connectivity index (χ1v) is 5.46. The van der Waals surface area contributed by atoms with Crippen molar-refractivity contribution in [2.24, 2.45) is 0 Å². The van der Waals surface area contributed by atoms with Gasteiger partial charge in [-0.05, 0) is 42.8 Å². The van der Waals surface area contributed by atoms with Gasteiger partial charge in [0.05, 0.1) is 11.3 Å². The smallest absolute Gasteiger partial charge is 0.199 e. The normalized spacial score (nSPS) is 10.5. The van der Waals surface area contributed by atoms with Crippen LogP contribution >= 0.6 is 0 Å². The molecule has 0 bridgehead atoms. The molecule has 0 heterocycles. The highest BCUT2D eigenvalue weighted by molar-refractivity contribution is 6.09. The van der Waals surface area contributed by atoms with Crippen LogP contribution in [-0.4, -0.2) is 5.78 Å². The second-order valence-corrected chi connectivity index (χ2v) is 4.12. The van der Waals surface area contributed by atoms with Crippen LogP contribution < -0.4 is 5.73 Å². The predicted octanol–water partition coefficient (Wildman–Crippen LogP) is 3.23. The maximum atomic E-state index is 13.7. The van der Waals surface area contributed by atoms with Crippen molar-refractivity contribution < 1.29 is 18.0 Å². The fourth-order valence-electron chi connectivity index (χ4n) is 1.71. The van der Waals surface area contributed by atoms with Crippen LogP contribution in [0.4, 0.5) is 18.9 Å². The molecule has 2 nitrogen and oxygen atoms in total. The van der Waals surface area contributed by atoms with Gasteiger partial charge in [-0.15, -0.1) is 0 Å². The van der Waals surface area contributed by atoms with Crippen molar-refractivity contribution in [1.82, 2.24) is 0 Å². The molecular weight excluding hydrogens is 255 g/mol. The number of ketones is 1. The molecule has 5 heteroatoms. The van der Waals surface area contributed by atoms with Crippen LogP contribution in [-0.2, 0) is 0 Å². The Morgan fingerprint density at radius 3 is 2.32 bits per heavy atom. The van der Waals surface area contributed by atoms with Crippen molar-refractivity contribution in [2.75, 3.05) is 5.73 Å². The minimum atomic E-state index is -1.10. The molecule has 2 aromatic rings. The first-order valence-electron chi connectivity index (χ1n) is 5.46. The number of carbonyl (C=O) groups excluding carboxylic acids is 1. The van der Waals surface area contributed by atoms with Crippen molar-refractivity contribution in [1.29, 1.82) is 0 Å². The summed E-state index contributed by atoms with van der Waals surface area (Å²) in [6, 6.07) is 5.44. The highest BCUT2D eigenvalue weighted by atomic mass is 19.1. The molecule has 98 valence electrons. The number of hydrogen-bond donors (Lipinski definition) is 1. The lowest BCUT2D eigenvalue weighted by Gasteiger charge is -2.07. The van der Waals surface area contributed by atoms with Crippen LogP contribution in [0.5, 0.6) is 0 Å². The van der Waals surface area contributed by atoms with Crippen LogP contribution in [0.25, 0.3) is 0 Å². The third-order valence-electron chi connectivity index (χ3n) is 2.77. The van der Waals surface area contributed by atoms with E-state index in [2.05, 4.69) is 0 Å². The Morgan fingerprint density at radius 1 is 1.05 bits per heavy atom. The summed E-state index contributed by atoms with van der Waals surface area (Å²) in [5, 5.41) is 0. The monoisotopic (exact) mass is 265 g/mol. The van der Waals surface area contributed by atoms with Gasteiger partial charge in [-0.2, -0.15) is 0 Å². The maximum Gasteiger partial charge on any atom is 0.199 e. The molecule has 0 aliphatic heterocycles. The van der Waals surface area contributed by atoms with Gasteiger partial charge >= 0.3 is 0 Å². The number of nitrogen functional groups attached to an aromatic ring is 1. The molecule has 2 N–H and O–H groups in total. The summed E-state index contributed by atoms with van der Waals surface area (Å²) < 4.78 is 40.4. The van der Waals surface area contributed by atoms with Gasteiger partial charge < -0.3 is 5.73 Å². The number of nitrogens with two attached hydrogens (primary N) is 1. The Hall–Kier alpha value is -2.30. The van der Waals surface area contributed by atoms with E-state index >= 15 is 0 Å². The summed E-state index contributed by atoms with van der Waals surface area (Å²) in [4.78, 5) is 12.0. The highest BCUT2D eigenvalue weighted by Crippen LogP contribution is 2.22. The van der Waals surface area contributed by atoms with Gasteiger partial charge in [0.15, 0.2) is 11.6 Å². The topological polar surface area (TPSA) is 43.1 Å². The van der Waals surface area contributed by atoms with E-state index in [-0.39, 0.29) is 16.8 Å². The molecule has 2 rings (SSSR count). The first kappa shape index (κ1) is 13.1. The molecule has 0 spiro atoms. The van der Waals surface area contributed by atoms with Gasteiger partial charge in [-0.25, -0.2) is 13.2 Å². The van der Waals surface area contributed by atoms with Crippen LogP contribution in [0.15, 0.2) is 30.3 Å². The number of anilines is 1. The van der Waals surface area contributed by atoms with E-state index in [1.165, 1.54) is 19.1 Å². The summed E-state index contributed by atoms with van der Waals surface area (Å²) in [7, 11) is 0. The second kappa shape index (κ2) is 4.76. The number of aryl methyl sites for hydroxylation is 1. The van der Waals surface area contributed by atoms with Gasteiger partial charge in [0, 0.05) is 5.56 Å². The van der Waals surface area contributed by atoms with E-state index in [4.69, 9.17) is 5.73 Å². The van der Waals surface area contributed by atoms with E-state index < -0.39 is 28.8 Å². The molecular formula is C14H10F3NO. The SMILES string of the molecule is Cc1cc(C(=O)c2c(F)ccc(N)c2F)ccc1F. The summed E-state index contributed by atoms with van der Waals surface area (Å²) in [5.74, 6) is -3.47. The minimum Gasteiger partial charge on any atom is -0.396 e. The standard InChI is InChI=1S/C14H10F3NO/c1-7-6-8(2-3-9(7)15)14(19)12-10(16)4-5-11(18)13(12)17/h2-6H,18H2,1H3. The van der Waals surface area contributed by atoms with E-state index in [0.717, 1.165) is 18.2 Å².